The van der Waals surface area contributed by atoms with Crippen LogP contribution >= 0.6 is 0 Å². The summed E-state index contributed by atoms with van der Waals surface area (Å²) in [4.78, 5) is 2.48. The van der Waals surface area contributed by atoms with Gasteiger partial charge in [0, 0.05) is 12.6 Å². The summed E-state index contributed by atoms with van der Waals surface area (Å²) in [7, 11) is 2.24. The summed E-state index contributed by atoms with van der Waals surface area (Å²) in [5.74, 6) is 0.992. The van der Waals surface area contributed by atoms with Crippen LogP contribution in [0.25, 0.3) is 0 Å². The molecule has 1 saturated heterocycles. The van der Waals surface area contributed by atoms with Crippen molar-refractivity contribution >= 4 is 0 Å². The van der Waals surface area contributed by atoms with Crippen molar-refractivity contribution in [1.82, 2.24) is 10.2 Å². The maximum absolute atomic E-state index is 5.70. The summed E-state index contributed by atoms with van der Waals surface area (Å²) < 4.78 is 5.70. The zero-order valence-corrected chi connectivity index (χ0v) is 12.9. The highest BCUT2D eigenvalue weighted by atomic mass is 16.5. The zero-order chi connectivity index (χ0) is 14.2. The Hall–Kier alpha value is -1.06. The SMILES string of the molecule is CCCCOc1ccc(CN(C)C2CCNCC2)cc1. The molecule has 0 atom stereocenters. The predicted octanol–water partition coefficient (Wildman–Crippen LogP) is 3.05. The monoisotopic (exact) mass is 276 g/mol. The maximum atomic E-state index is 5.70. The van der Waals surface area contributed by atoms with Crippen molar-refractivity contribution in [2.24, 2.45) is 0 Å². The topological polar surface area (TPSA) is 24.5 Å². The summed E-state index contributed by atoms with van der Waals surface area (Å²) in [6, 6.07) is 9.30. The first-order valence-corrected chi connectivity index (χ1v) is 7.92. The Kier molecular flexibility index (Phi) is 6.34. The van der Waals surface area contributed by atoms with E-state index >= 15 is 0 Å². The Morgan fingerprint density at radius 2 is 1.90 bits per heavy atom. The quantitative estimate of drug-likeness (QED) is 0.775. The van der Waals surface area contributed by atoms with Crippen LogP contribution in [-0.4, -0.2) is 37.7 Å². The third-order valence-corrected chi connectivity index (χ3v) is 4.05. The highest BCUT2D eigenvalue weighted by Gasteiger charge is 2.17. The van der Waals surface area contributed by atoms with Crippen LogP contribution in [0.1, 0.15) is 38.2 Å². The van der Waals surface area contributed by atoms with Gasteiger partial charge in [0.1, 0.15) is 5.75 Å². The molecule has 1 aromatic carbocycles. The Morgan fingerprint density at radius 3 is 2.55 bits per heavy atom. The fourth-order valence-corrected chi connectivity index (χ4v) is 2.69. The fourth-order valence-electron chi connectivity index (χ4n) is 2.69. The van der Waals surface area contributed by atoms with Crippen LogP contribution in [0.3, 0.4) is 0 Å². The van der Waals surface area contributed by atoms with Crippen molar-refractivity contribution < 1.29 is 4.74 Å². The number of benzene rings is 1. The standard InChI is InChI=1S/C17H28N2O/c1-3-4-13-20-17-7-5-15(6-8-17)14-19(2)16-9-11-18-12-10-16/h5-8,16,18H,3-4,9-14H2,1-2H3. The van der Waals surface area contributed by atoms with Crippen molar-refractivity contribution in [3.8, 4) is 5.75 Å². The van der Waals surface area contributed by atoms with Gasteiger partial charge in [-0.3, -0.25) is 4.90 Å². The lowest BCUT2D eigenvalue weighted by Gasteiger charge is -2.31. The third kappa shape index (κ3) is 4.80. The van der Waals surface area contributed by atoms with E-state index in [1.54, 1.807) is 0 Å². The molecular weight excluding hydrogens is 248 g/mol. The Morgan fingerprint density at radius 1 is 1.20 bits per heavy atom. The van der Waals surface area contributed by atoms with E-state index in [1.165, 1.54) is 24.8 Å². The van der Waals surface area contributed by atoms with Gasteiger partial charge < -0.3 is 10.1 Å². The van der Waals surface area contributed by atoms with Gasteiger partial charge in [-0.05, 0) is 57.1 Å². The van der Waals surface area contributed by atoms with Gasteiger partial charge in [0.25, 0.3) is 0 Å². The van der Waals surface area contributed by atoms with E-state index in [9.17, 15) is 0 Å². The van der Waals surface area contributed by atoms with Crippen LogP contribution in [0, 0.1) is 0 Å². The van der Waals surface area contributed by atoms with E-state index in [-0.39, 0.29) is 0 Å². The van der Waals surface area contributed by atoms with Crippen LogP contribution in [0.2, 0.25) is 0 Å². The van der Waals surface area contributed by atoms with E-state index in [1.807, 2.05) is 0 Å². The molecule has 0 bridgehead atoms. The molecule has 0 saturated carbocycles. The van der Waals surface area contributed by atoms with Gasteiger partial charge in [0.15, 0.2) is 0 Å². The average molecular weight is 276 g/mol. The van der Waals surface area contributed by atoms with Crippen LogP contribution in [-0.2, 0) is 6.54 Å². The van der Waals surface area contributed by atoms with Crippen molar-refractivity contribution in [1.29, 1.82) is 0 Å². The van der Waals surface area contributed by atoms with Crippen molar-refractivity contribution in [3.05, 3.63) is 29.8 Å². The first-order valence-electron chi connectivity index (χ1n) is 7.92. The molecule has 0 spiro atoms. The molecule has 0 aliphatic carbocycles. The van der Waals surface area contributed by atoms with E-state index in [2.05, 4.69) is 48.5 Å². The van der Waals surface area contributed by atoms with E-state index in [0.717, 1.165) is 44.5 Å². The van der Waals surface area contributed by atoms with E-state index in [0.29, 0.717) is 0 Å². The first-order chi connectivity index (χ1) is 9.79. The van der Waals surface area contributed by atoms with Crippen LogP contribution in [0.5, 0.6) is 5.75 Å². The van der Waals surface area contributed by atoms with Gasteiger partial charge in [-0.25, -0.2) is 0 Å². The van der Waals surface area contributed by atoms with Crippen molar-refractivity contribution in [2.45, 2.75) is 45.2 Å². The lowest BCUT2D eigenvalue weighted by molar-refractivity contribution is 0.191. The molecule has 2 rings (SSSR count). The minimum absolute atomic E-state index is 0.719. The van der Waals surface area contributed by atoms with Gasteiger partial charge in [-0.1, -0.05) is 25.5 Å². The molecule has 0 aromatic heterocycles. The molecule has 1 N–H and O–H groups in total. The molecule has 0 amide bonds. The molecule has 0 radical (unpaired) electrons. The van der Waals surface area contributed by atoms with Gasteiger partial charge >= 0.3 is 0 Å². The minimum Gasteiger partial charge on any atom is -0.494 e. The lowest BCUT2D eigenvalue weighted by atomic mass is 10.0. The van der Waals surface area contributed by atoms with Gasteiger partial charge in [0.2, 0.25) is 0 Å². The van der Waals surface area contributed by atoms with Gasteiger partial charge in [-0.15, -0.1) is 0 Å². The fraction of sp³-hybridized carbons (Fsp3) is 0.647. The minimum atomic E-state index is 0.719. The molecule has 3 nitrogen and oxygen atoms in total. The molecule has 1 heterocycles. The second-order valence-corrected chi connectivity index (χ2v) is 5.74. The summed E-state index contributed by atoms with van der Waals surface area (Å²) in [6.45, 7) is 6.34. The molecule has 1 aromatic rings. The smallest absolute Gasteiger partial charge is 0.119 e. The van der Waals surface area contributed by atoms with Crippen LogP contribution in [0.15, 0.2) is 24.3 Å². The number of rotatable bonds is 7. The van der Waals surface area contributed by atoms with E-state index in [4.69, 9.17) is 4.74 Å². The first kappa shape index (κ1) is 15.3. The van der Waals surface area contributed by atoms with Crippen LogP contribution in [0.4, 0.5) is 0 Å². The molecule has 112 valence electrons. The zero-order valence-electron chi connectivity index (χ0n) is 12.9. The van der Waals surface area contributed by atoms with Crippen molar-refractivity contribution in [3.63, 3.8) is 0 Å². The second-order valence-electron chi connectivity index (χ2n) is 5.74. The molecule has 1 aliphatic heterocycles. The lowest BCUT2D eigenvalue weighted by Crippen LogP contribution is -2.40. The third-order valence-electron chi connectivity index (χ3n) is 4.05. The van der Waals surface area contributed by atoms with Gasteiger partial charge in [0.05, 0.1) is 6.61 Å². The Labute approximate surface area is 123 Å². The summed E-state index contributed by atoms with van der Waals surface area (Å²) in [5.41, 5.74) is 1.37. The van der Waals surface area contributed by atoms with Crippen molar-refractivity contribution in [2.75, 3.05) is 26.7 Å². The highest BCUT2D eigenvalue weighted by molar-refractivity contribution is 5.27. The Balaban J connectivity index is 1.80. The Bertz CT molecular complexity index is 371. The molecular formula is C17H28N2O. The van der Waals surface area contributed by atoms with Crippen LogP contribution < -0.4 is 10.1 Å². The molecule has 0 unspecified atom stereocenters. The maximum Gasteiger partial charge on any atom is 0.119 e. The number of piperidine rings is 1. The summed E-state index contributed by atoms with van der Waals surface area (Å²) in [6.07, 6.45) is 4.82. The van der Waals surface area contributed by atoms with Gasteiger partial charge in [-0.2, -0.15) is 0 Å². The second kappa shape index (κ2) is 8.28. The summed E-state index contributed by atoms with van der Waals surface area (Å²) in [5, 5.41) is 3.42. The molecule has 20 heavy (non-hydrogen) atoms. The predicted molar refractivity (Wildman–Crippen MR) is 84.2 cm³/mol. The largest absolute Gasteiger partial charge is 0.494 e. The summed E-state index contributed by atoms with van der Waals surface area (Å²) >= 11 is 0. The number of unbranched alkanes of at least 4 members (excludes halogenated alkanes) is 1. The molecule has 1 aliphatic rings. The highest BCUT2D eigenvalue weighted by Crippen LogP contribution is 2.17. The number of nitrogens with one attached hydrogen (secondary N) is 1. The van der Waals surface area contributed by atoms with E-state index < -0.39 is 0 Å². The number of ether oxygens (including phenoxy) is 1. The normalized spacial score (nSPS) is 16.6. The number of nitrogens with zero attached hydrogens (tertiary/aromatic N) is 1. The number of hydrogen-bond donors (Lipinski definition) is 1. The molecule has 3 heteroatoms. The molecule has 1 fully saturated rings. The average Bonchev–Trinajstić information content (AvgIpc) is 2.50. The number of hydrogen-bond acceptors (Lipinski definition) is 3.